The van der Waals surface area contributed by atoms with E-state index >= 15 is 0 Å². The molecule has 1 aliphatic rings. The number of allylic oxidation sites excluding steroid dienone is 1. The number of hydrogen-bond donors (Lipinski definition) is 4. The molecule has 0 unspecified atom stereocenters. The van der Waals surface area contributed by atoms with E-state index in [1.165, 1.54) is 7.11 Å². The molecule has 3 rings (SSSR count). The van der Waals surface area contributed by atoms with Gasteiger partial charge < -0.3 is 34.7 Å². The Morgan fingerprint density at radius 2 is 1.95 bits per heavy atom. The first-order valence-corrected chi connectivity index (χ1v) is 11.9. The summed E-state index contributed by atoms with van der Waals surface area (Å²) in [6, 6.07) is 11.1. The Hall–Kier alpha value is -4.51. The quantitative estimate of drug-likeness (QED) is 0.103. The maximum absolute atomic E-state index is 12.4. The van der Waals surface area contributed by atoms with E-state index in [1.807, 2.05) is 31.2 Å². The van der Waals surface area contributed by atoms with Crippen LogP contribution in [-0.4, -0.2) is 56.5 Å². The van der Waals surface area contributed by atoms with Crippen LogP contribution in [0.2, 0.25) is 0 Å². The third-order valence-corrected chi connectivity index (χ3v) is 5.36. The van der Waals surface area contributed by atoms with E-state index in [9.17, 15) is 14.7 Å². The average Bonchev–Trinajstić information content (AvgIpc) is 2.91. The molecule has 0 bridgehead atoms. The molecule has 2 amide bonds. The molecule has 11 heteroatoms. The molecule has 0 saturated carbocycles. The van der Waals surface area contributed by atoms with Crippen molar-refractivity contribution in [1.29, 1.82) is 0 Å². The fourth-order valence-corrected chi connectivity index (χ4v) is 3.63. The minimum atomic E-state index is -1.10. The number of ether oxygens (including phenoxy) is 4. The molecule has 2 aromatic rings. The summed E-state index contributed by atoms with van der Waals surface area (Å²) in [6.45, 7) is 7.70. The van der Waals surface area contributed by atoms with Gasteiger partial charge in [-0.3, -0.25) is 5.43 Å². The van der Waals surface area contributed by atoms with E-state index in [0.29, 0.717) is 36.0 Å². The molecule has 0 fully saturated rings. The Kier molecular flexibility index (Phi) is 10.1. The summed E-state index contributed by atoms with van der Waals surface area (Å²) in [5, 5.41) is 19.6. The van der Waals surface area contributed by atoms with E-state index in [-0.39, 0.29) is 12.2 Å². The van der Waals surface area contributed by atoms with E-state index in [2.05, 4.69) is 27.7 Å². The minimum Gasteiger partial charge on any atom is -0.490 e. The number of nitrogens with zero attached hydrogens (tertiary/aromatic N) is 1. The molecule has 0 radical (unpaired) electrons. The maximum atomic E-state index is 12.4. The van der Waals surface area contributed by atoms with Gasteiger partial charge >= 0.3 is 12.0 Å². The van der Waals surface area contributed by atoms with Gasteiger partial charge in [0.15, 0.2) is 17.7 Å². The van der Waals surface area contributed by atoms with Crippen molar-refractivity contribution in [3.8, 4) is 17.2 Å². The zero-order valence-corrected chi connectivity index (χ0v) is 21.5. The Bertz CT molecular complexity index is 1190. The van der Waals surface area contributed by atoms with Crippen LogP contribution in [0.5, 0.6) is 17.2 Å². The van der Waals surface area contributed by atoms with Crippen LogP contribution in [-0.2, 0) is 9.53 Å². The normalized spacial score (nSPS) is 15.8. The second-order valence-electron chi connectivity index (χ2n) is 8.08. The molecular weight excluding hydrogens is 492 g/mol. The van der Waals surface area contributed by atoms with Crippen molar-refractivity contribution in [1.82, 2.24) is 16.1 Å². The van der Waals surface area contributed by atoms with Gasteiger partial charge in [-0.25, -0.2) is 9.59 Å². The third kappa shape index (κ3) is 7.50. The van der Waals surface area contributed by atoms with E-state index in [1.54, 1.807) is 37.4 Å². The monoisotopic (exact) mass is 524 g/mol. The van der Waals surface area contributed by atoms with Gasteiger partial charge in [0.2, 0.25) is 0 Å². The predicted octanol–water partition coefficient (Wildman–Crippen LogP) is 2.77. The van der Waals surface area contributed by atoms with Crippen molar-refractivity contribution in [2.24, 2.45) is 5.10 Å². The summed E-state index contributed by atoms with van der Waals surface area (Å²) < 4.78 is 21.8. The number of urea groups is 1. The van der Waals surface area contributed by atoms with Crippen LogP contribution in [0.1, 0.15) is 31.0 Å². The second kappa shape index (κ2) is 13.7. The van der Waals surface area contributed by atoms with Crippen LogP contribution in [0.15, 0.2) is 71.5 Å². The molecule has 2 atom stereocenters. The summed E-state index contributed by atoms with van der Waals surface area (Å²) in [7, 11) is 1.28. The van der Waals surface area contributed by atoms with Gasteiger partial charge in [-0.05, 0) is 61.4 Å². The Labute approximate surface area is 221 Å². The van der Waals surface area contributed by atoms with Crippen LogP contribution in [0.4, 0.5) is 4.79 Å². The maximum Gasteiger partial charge on any atom is 0.337 e. The lowest BCUT2D eigenvalue weighted by Gasteiger charge is -2.28. The largest absolute Gasteiger partial charge is 0.490 e. The zero-order chi connectivity index (χ0) is 27.5. The number of esters is 1. The van der Waals surface area contributed by atoms with Crippen molar-refractivity contribution in [3.05, 3.63) is 77.5 Å². The minimum absolute atomic E-state index is 0.123. The van der Waals surface area contributed by atoms with E-state index in [4.69, 9.17) is 18.9 Å². The number of amides is 2. The Balaban J connectivity index is 1.64. The molecule has 1 aliphatic heterocycles. The average molecular weight is 525 g/mol. The van der Waals surface area contributed by atoms with Crippen LogP contribution in [0.25, 0.3) is 0 Å². The molecule has 0 aliphatic carbocycles. The molecule has 4 N–H and O–H groups in total. The highest BCUT2D eigenvalue weighted by molar-refractivity contribution is 5.95. The van der Waals surface area contributed by atoms with Gasteiger partial charge in [-0.2, -0.15) is 5.10 Å². The second-order valence-corrected chi connectivity index (χ2v) is 8.08. The third-order valence-electron chi connectivity index (χ3n) is 5.36. The van der Waals surface area contributed by atoms with Crippen LogP contribution >= 0.6 is 0 Å². The number of benzene rings is 2. The molecule has 1 heterocycles. The Morgan fingerprint density at radius 3 is 2.63 bits per heavy atom. The van der Waals surface area contributed by atoms with Crippen LogP contribution in [0.3, 0.4) is 0 Å². The fraction of sp³-hybridized carbons (Fsp3) is 0.296. The van der Waals surface area contributed by atoms with Gasteiger partial charge in [0.25, 0.3) is 0 Å². The van der Waals surface area contributed by atoms with Crippen molar-refractivity contribution >= 4 is 18.2 Å². The van der Waals surface area contributed by atoms with Crippen molar-refractivity contribution in [2.45, 2.75) is 26.1 Å². The summed E-state index contributed by atoms with van der Waals surface area (Å²) in [6.07, 6.45) is 2.13. The van der Waals surface area contributed by atoms with Crippen molar-refractivity contribution in [3.63, 3.8) is 0 Å². The number of carbonyl (C=O) groups excluding carboxylic acids is 2. The number of rotatable bonds is 13. The number of aliphatic hydroxyl groups is 1. The van der Waals surface area contributed by atoms with Crippen LogP contribution in [0, 0.1) is 0 Å². The number of methoxy groups -OCH3 is 1. The lowest BCUT2D eigenvalue weighted by Crippen LogP contribution is -2.45. The summed E-state index contributed by atoms with van der Waals surface area (Å²) in [5.74, 6) is 0.907. The zero-order valence-electron chi connectivity index (χ0n) is 21.5. The first-order valence-electron chi connectivity index (χ1n) is 11.9. The van der Waals surface area contributed by atoms with Gasteiger partial charge in [0.05, 0.1) is 31.5 Å². The topological polar surface area (TPSA) is 140 Å². The highest BCUT2D eigenvalue weighted by atomic mass is 16.5. The molecule has 11 nitrogen and oxygen atoms in total. The van der Waals surface area contributed by atoms with E-state index < -0.39 is 24.3 Å². The highest BCUT2D eigenvalue weighted by Crippen LogP contribution is 2.34. The standard InChI is InChI=1S/C27H32N4O7/c1-5-13-37-20-10-7-18(8-11-20)15-28-31-23(32)16-38-21-12-9-19(14-22(21)36-6-2)25-24(26(33)35-4)17(3)29-27(34)30-25/h5,7-12,14-15,23,25,31-32H,1,6,13,16H2,2-4H3,(H2,29,30,34)/b28-15-/t23-,25+/m0/s1. The van der Waals surface area contributed by atoms with Crippen molar-refractivity contribution < 1.29 is 33.6 Å². The summed E-state index contributed by atoms with van der Waals surface area (Å²) in [5.41, 5.74) is 4.69. The Morgan fingerprint density at radius 1 is 1.18 bits per heavy atom. The van der Waals surface area contributed by atoms with Gasteiger partial charge in [-0.15, -0.1) is 0 Å². The number of nitrogens with one attached hydrogen (secondary N) is 3. The predicted molar refractivity (Wildman–Crippen MR) is 141 cm³/mol. The molecule has 202 valence electrons. The van der Waals surface area contributed by atoms with E-state index in [0.717, 1.165) is 11.3 Å². The summed E-state index contributed by atoms with van der Waals surface area (Å²) in [4.78, 5) is 24.4. The van der Waals surface area contributed by atoms with Gasteiger partial charge in [0.1, 0.15) is 19.0 Å². The smallest absolute Gasteiger partial charge is 0.337 e. The van der Waals surface area contributed by atoms with Crippen LogP contribution < -0.4 is 30.3 Å². The number of hydrogen-bond acceptors (Lipinski definition) is 9. The van der Waals surface area contributed by atoms with Gasteiger partial charge in [0, 0.05) is 5.70 Å². The first kappa shape index (κ1) is 28.1. The first-order chi connectivity index (χ1) is 18.4. The number of aliphatic hydroxyl groups excluding tert-OH is 1. The molecule has 0 spiro atoms. The molecule has 2 aromatic carbocycles. The molecule has 0 aromatic heterocycles. The molecule has 38 heavy (non-hydrogen) atoms. The highest BCUT2D eigenvalue weighted by Gasteiger charge is 2.32. The number of carbonyl (C=O) groups is 2. The number of hydrazone groups is 1. The lowest BCUT2D eigenvalue weighted by atomic mass is 9.95. The lowest BCUT2D eigenvalue weighted by molar-refractivity contribution is -0.136. The summed E-state index contributed by atoms with van der Waals surface area (Å²) >= 11 is 0. The van der Waals surface area contributed by atoms with Crippen molar-refractivity contribution in [2.75, 3.05) is 26.9 Å². The molecule has 0 saturated heterocycles. The van der Waals surface area contributed by atoms with Gasteiger partial charge in [-0.1, -0.05) is 18.7 Å². The molecular formula is C27H32N4O7. The fourth-order valence-electron chi connectivity index (χ4n) is 3.63. The SMILES string of the molecule is C=CCOc1ccc(/C=N\N[C@@H](O)COc2ccc([C@H]3NC(=O)NC(C)=C3C(=O)OC)cc2OCC)cc1.